The summed E-state index contributed by atoms with van der Waals surface area (Å²) in [6.45, 7) is 2.14. The van der Waals surface area contributed by atoms with E-state index in [1.54, 1.807) is 0 Å². The molecule has 0 bridgehead atoms. The van der Waals surface area contributed by atoms with Gasteiger partial charge in [-0.05, 0) is 73.5 Å². The largest absolute Gasteiger partial charge is 0.296 e. The first-order valence-electron chi connectivity index (χ1n) is 17.5. The van der Waals surface area contributed by atoms with Crippen molar-refractivity contribution in [2.45, 2.75) is 13.3 Å². The second-order valence-electron chi connectivity index (χ2n) is 12.6. The number of nitrogens with zero attached hydrogens (tertiary/aromatic N) is 3. The molecule has 0 spiro atoms. The number of hydrogen-bond donors (Lipinski definition) is 0. The molecule has 0 unspecified atom stereocenters. The van der Waals surface area contributed by atoms with E-state index in [0.29, 0.717) is 5.82 Å². The molecule has 0 fully saturated rings. The minimum Gasteiger partial charge on any atom is -0.296 e. The fourth-order valence-electron chi connectivity index (χ4n) is 7.09. The maximum atomic E-state index is 5.21. The van der Waals surface area contributed by atoms with Gasteiger partial charge in [-0.2, -0.15) is 0 Å². The molecule has 0 aliphatic rings. The van der Waals surface area contributed by atoms with Crippen LogP contribution in [0.2, 0.25) is 0 Å². The van der Waals surface area contributed by atoms with Crippen molar-refractivity contribution in [3.8, 4) is 56.2 Å². The Morgan fingerprint density at radius 2 is 0.961 bits per heavy atom. The molecular formula is C48H37N3. The Bertz CT molecular complexity index is 2490. The zero-order chi connectivity index (χ0) is 34.6. The van der Waals surface area contributed by atoms with E-state index >= 15 is 0 Å². The van der Waals surface area contributed by atoms with Crippen molar-refractivity contribution in [3.05, 3.63) is 175 Å². The summed E-state index contributed by atoms with van der Waals surface area (Å²) in [7, 11) is 1.81. The molecule has 51 heavy (non-hydrogen) atoms. The molecule has 7 aromatic carbocycles. The van der Waals surface area contributed by atoms with Crippen LogP contribution in [0.3, 0.4) is 0 Å². The smallest absolute Gasteiger partial charge is 0.160 e. The van der Waals surface area contributed by atoms with Gasteiger partial charge in [0, 0.05) is 30.0 Å². The Hall–Kier alpha value is -6.45. The Balaban J connectivity index is 1.30. The second kappa shape index (κ2) is 14.2. The second-order valence-corrected chi connectivity index (χ2v) is 12.6. The van der Waals surface area contributed by atoms with Gasteiger partial charge >= 0.3 is 0 Å². The van der Waals surface area contributed by atoms with Gasteiger partial charge in [-0.25, -0.2) is 9.97 Å². The van der Waals surface area contributed by atoms with E-state index in [0.717, 1.165) is 51.2 Å². The first-order valence-corrected chi connectivity index (χ1v) is 17.5. The van der Waals surface area contributed by atoms with E-state index in [2.05, 4.69) is 176 Å². The molecule has 0 saturated heterocycles. The highest BCUT2D eigenvalue weighted by molar-refractivity contribution is 6.21. The molecule has 3 nitrogen and oxygen atoms in total. The van der Waals surface area contributed by atoms with Crippen LogP contribution in [0.1, 0.15) is 18.9 Å². The summed E-state index contributed by atoms with van der Waals surface area (Å²) < 4.78 is 0. The van der Waals surface area contributed by atoms with Gasteiger partial charge < -0.3 is 0 Å². The van der Waals surface area contributed by atoms with Gasteiger partial charge in [-0.1, -0.05) is 165 Å². The number of benzene rings is 7. The van der Waals surface area contributed by atoms with E-state index < -0.39 is 0 Å². The normalized spacial score (nSPS) is 11.8. The molecule has 0 atom stereocenters. The third-order valence-electron chi connectivity index (χ3n) is 9.41. The van der Waals surface area contributed by atoms with E-state index in [-0.39, 0.29) is 0 Å². The molecule has 0 radical (unpaired) electrons. The van der Waals surface area contributed by atoms with Gasteiger partial charge in [-0.3, -0.25) is 4.99 Å². The fraction of sp³-hybridized carbons (Fsp3) is 0.0625. The third kappa shape index (κ3) is 6.26. The average molecular weight is 656 g/mol. The molecule has 8 aromatic rings. The zero-order valence-electron chi connectivity index (χ0n) is 28.8. The molecule has 3 heteroatoms. The highest BCUT2D eigenvalue weighted by atomic mass is 14.9. The van der Waals surface area contributed by atoms with Crippen LogP contribution in [-0.4, -0.2) is 23.2 Å². The van der Waals surface area contributed by atoms with Crippen molar-refractivity contribution in [2.75, 3.05) is 7.05 Å². The molecule has 1 heterocycles. The highest BCUT2D eigenvalue weighted by Gasteiger charge is 2.18. The molecule has 244 valence electrons. The lowest BCUT2D eigenvalue weighted by Crippen LogP contribution is -1.97. The van der Waals surface area contributed by atoms with E-state index in [9.17, 15) is 0 Å². The number of hydrogen-bond acceptors (Lipinski definition) is 3. The van der Waals surface area contributed by atoms with Gasteiger partial charge in [0.15, 0.2) is 5.82 Å². The standard InChI is InChI=1S/C48H37N3/c1-3-15-39(32-49-2)33-26-28-35(29-27-33)45-31-44(34-16-6-4-7-17-34)50-48(51-45)38-21-14-20-37(30-38)47-42-24-12-10-22-40(42)46(36-18-8-5-9-19-36)41-23-11-13-25-43(41)47/h4-32H,3H2,1-2H3/b39-15+,49-32?. The minimum absolute atomic E-state index is 0.691. The van der Waals surface area contributed by atoms with Gasteiger partial charge in [0.05, 0.1) is 11.4 Å². The van der Waals surface area contributed by atoms with Gasteiger partial charge in [0.2, 0.25) is 0 Å². The summed E-state index contributed by atoms with van der Waals surface area (Å²) in [6.07, 6.45) is 5.07. The Morgan fingerprint density at radius 1 is 0.490 bits per heavy atom. The lowest BCUT2D eigenvalue weighted by Gasteiger charge is -2.18. The number of aliphatic imine (C=N–C) groups is 1. The van der Waals surface area contributed by atoms with Crippen LogP contribution >= 0.6 is 0 Å². The number of aromatic nitrogens is 2. The number of allylic oxidation sites excluding steroid dienone is 2. The van der Waals surface area contributed by atoms with Crippen LogP contribution in [0.4, 0.5) is 0 Å². The summed E-state index contributed by atoms with van der Waals surface area (Å²) in [5.41, 5.74) is 11.9. The Labute approximate surface area is 299 Å². The number of fused-ring (bicyclic) bond motifs is 2. The number of rotatable bonds is 8. The molecule has 0 amide bonds. The van der Waals surface area contributed by atoms with Gasteiger partial charge in [-0.15, -0.1) is 0 Å². The maximum Gasteiger partial charge on any atom is 0.160 e. The van der Waals surface area contributed by atoms with E-state index in [4.69, 9.17) is 9.97 Å². The van der Waals surface area contributed by atoms with Crippen LogP contribution in [-0.2, 0) is 0 Å². The summed E-state index contributed by atoms with van der Waals surface area (Å²) >= 11 is 0. The molecular weight excluding hydrogens is 619 g/mol. The van der Waals surface area contributed by atoms with Crippen LogP contribution in [0.25, 0.3) is 83.3 Å². The summed E-state index contributed by atoms with van der Waals surface area (Å²) in [5, 5.41) is 4.91. The van der Waals surface area contributed by atoms with Crippen LogP contribution < -0.4 is 0 Å². The zero-order valence-corrected chi connectivity index (χ0v) is 28.8. The Morgan fingerprint density at radius 3 is 1.51 bits per heavy atom. The van der Waals surface area contributed by atoms with Crippen molar-refractivity contribution in [1.29, 1.82) is 0 Å². The lowest BCUT2D eigenvalue weighted by atomic mass is 9.85. The third-order valence-corrected chi connectivity index (χ3v) is 9.41. The SMILES string of the molecule is CC/C=C(\C=NC)c1ccc(-c2cc(-c3ccccc3)nc(-c3cccc(-c4c5ccccc5c(-c5ccccc5)c5ccccc45)c3)n2)cc1. The summed E-state index contributed by atoms with van der Waals surface area (Å²) in [6, 6.07) is 58.0. The minimum atomic E-state index is 0.691. The summed E-state index contributed by atoms with van der Waals surface area (Å²) in [5.74, 6) is 0.691. The first kappa shape index (κ1) is 31.8. The van der Waals surface area contributed by atoms with Crippen molar-refractivity contribution in [2.24, 2.45) is 4.99 Å². The predicted octanol–water partition coefficient (Wildman–Crippen LogP) is 12.6. The Kier molecular flexibility index (Phi) is 8.84. The van der Waals surface area contributed by atoms with E-state index in [1.807, 2.05) is 19.3 Å². The lowest BCUT2D eigenvalue weighted by molar-refractivity contribution is 1.18. The maximum absolute atomic E-state index is 5.21. The van der Waals surface area contributed by atoms with Crippen molar-refractivity contribution >= 4 is 33.3 Å². The monoisotopic (exact) mass is 655 g/mol. The topological polar surface area (TPSA) is 38.1 Å². The molecule has 0 saturated carbocycles. The van der Waals surface area contributed by atoms with Crippen LogP contribution in [0, 0.1) is 0 Å². The van der Waals surface area contributed by atoms with Crippen LogP contribution in [0.5, 0.6) is 0 Å². The fourth-order valence-corrected chi connectivity index (χ4v) is 7.09. The molecule has 0 aliphatic carbocycles. The molecule has 8 rings (SSSR count). The molecule has 0 aliphatic heterocycles. The van der Waals surface area contributed by atoms with E-state index in [1.165, 1.54) is 38.2 Å². The highest BCUT2D eigenvalue weighted by Crippen LogP contribution is 2.44. The van der Waals surface area contributed by atoms with Gasteiger partial charge in [0.25, 0.3) is 0 Å². The van der Waals surface area contributed by atoms with Crippen LogP contribution in [0.15, 0.2) is 175 Å². The quantitative estimate of drug-likeness (QED) is 0.121. The predicted molar refractivity (Wildman–Crippen MR) is 217 cm³/mol. The molecule has 0 N–H and O–H groups in total. The summed E-state index contributed by atoms with van der Waals surface area (Å²) in [4.78, 5) is 14.6. The molecule has 1 aromatic heterocycles. The first-order chi connectivity index (χ1) is 25.2. The van der Waals surface area contributed by atoms with Crippen molar-refractivity contribution in [3.63, 3.8) is 0 Å². The van der Waals surface area contributed by atoms with Crippen molar-refractivity contribution < 1.29 is 0 Å². The van der Waals surface area contributed by atoms with Crippen molar-refractivity contribution in [1.82, 2.24) is 9.97 Å². The van der Waals surface area contributed by atoms with Gasteiger partial charge in [0.1, 0.15) is 0 Å². The average Bonchev–Trinajstić information content (AvgIpc) is 3.20.